The summed E-state index contributed by atoms with van der Waals surface area (Å²) in [6.45, 7) is 1.32. The van der Waals surface area contributed by atoms with Gasteiger partial charge in [-0.15, -0.1) is 4.91 Å². The Kier molecular flexibility index (Phi) is 4.79. The largest absolute Gasteiger partial charge is 0.494 e. The zero-order valence-corrected chi connectivity index (χ0v) is 12.6. The molecule has 1 heterocycles. The Morgan fingerprint density at radius 3 is 2.81 bits per heavy atom. The van der Waals surface area contributed by atoms with Crippen LogP contribution < -0.4 is 9.64 Å². The molecule has 116 valence electrons. The second-order valence-corrected chi connectivity index (χ2v) is 6.55. The molecule has 1 aromatic rings. The van der Waals surface area contributed by atoms with E-state index in [0.29, 0.717) is 18.7 Å². The highest BCUT2D eigenvalue weighted by Crippen LogP contribution is 2.38. The van der Waals surface area contributed by atoms with Gasteiger partial charge in [-0.1, -0.05) is 0 Å². The van der Waals surface area contributed by atoms with Gasteiger partial charge < -0.3 is 9.64 Å². The summed E-state index contributed by atoms with van der Waals surface area (Å²) in [5, 5.41) is 2.96. The fourth-order valence-corrected chi connectivity index (χ4v) is 3.08. The standard InChI is InChI=1S/C13H18N2O5S/c1-20-13-9-12-10(8-11(13)14-16)4-2-5-15(12)6-3-7-21(17,18)19/h8-9H,2-7H2,1H3,(H,17,18,19). The van der Waals surface area contributed by atoms with Crippen molar-refractivity contribution in [3.05, 3.63) is 22.6 Å². The van der Waals surface area contributed by atoms with Crippen LogP contribution in [-0.4, -0.2) is 38.9 Å². The van der Waals surface area contributed by atoms with E-state index < -0.39 is 10.1 Å². The van der Waals surface area contributed by atoms with Crippen molar-refractivity contribution in [2.45, 2.75) is 19.3 Å². The molecule has 1 aliphatic rings. The molecule has 0 atom stereocenters. The van der Waals surface area contributed by atoms with Crippen LogP contribution >= 0.6 is 0 Å². The van der Waals surface area contributed by atoms with E-state index in [1.54, 1.807) is 12.1 Å². The van der Waals surface area contributed by atoms with Crippen LogP contribution in [-0.2, 0) is 16.5 Å². The van der Waals surface area contributed by atoms with Crippen molar-refractivity contribution in [1.29, 1.82) is 0 Å². The number of nitrogens with zero attached hydrogens (tertiary/aromatic N) is 2. The van der Waals surface area contributed by atoms with Crippen molar-refractivity contribution >= 4 is 21.5 Å². The first-order valence-corrected chi connectivity index (χ1v) is 8.30. The lowest BCUT2D eigenvalue weighted by atomic mass is 10.0. The molecule has 0 saturated carbocycles. The van der Waals surface area contributed by atoms with Crippen molar-refractivity contribution < 1.29 is 17.7 Å². The monoisotopic (exact) mass is 314 g/mol. The van der Waals surface area contributed by atoms with Crippen LogP contribution in [0.3, 0.4) is 0 Å². The lowest BCUT2D eigenvalue weighted by molar-refractivity contribution is 0.415. The molecule has 1 aliphatic heterocycles. The Balaban J connectivity index is 2.20. The summed E-state index contributed by atoms with van der Waals surface area (Å²) in [5.74, 6) is 0.148. The molecule has 0 bridgehead atoms. The molecule has 7 nitrogen and oxygen atoms in total. The van der Waals surface area contributed by atoms with Gasteiger partial charge in [-0.05, 0) is 36.1 Å². The quantitative estimate of drug-likeness (QED) is 0.638. The van der Waals surface area contributed by atoms with Crippen molar-refractivity contribution in [3.8, 4) is 5.75 Å². The van der Waals surface area contributed by atoms with Crippen molar-refractivity contribution in [3.63, 3.8) is 0 Å². The lowest BCUT2D eigenvalue weighted by Crippen LogP contribution is -2.31. The number of aryl methyl sites for hydroxylation is 1. The molecule has 1 aromatic carbocycles. The van der Waals surface area contributed by atoms with E-state index in [1.807, 2.05) is 4.90 Å². The van der Waals surface area contributed by atoms with Gasteiger partial charge in [-0.2, -0.15) is 8.42 Å². The number of ether oxygens (including phenoxy) is 1. The van der Waals surface area contributed by atoms with E-state index in [4.69, 9.17) is 9.29 Å². The number of rotatable bonds is 6. The topological polar surface area (TPSA) is 96.3 Å². The zero-order valence-electron chi connectivity index (χ0n) is 11.8. The van der Waals surface area contributed by atoms with Crippen LogP contribution in [0.1, 0.15) is 18.4 Å². The number of fused-ring (bicyclic) bond motifs is 1. The maximum atomic E-state index is 10.8. The Bertz CT molecular complexity index is 630. The van der Waals surface area contributed by atoms with Gasteiger partial charge in [0, 0.05) is 24.8 Å². The third-order valence-electron chi connectivity index (χ3n) is 3.52. The van der Waals surface area contributed by atoms with E-state index in [9.17, 15) is 13.3 Å². The summed E-state index contributed by atoms with van der Waals surface area (Å²) in [5.41, 5.74) is 2.21. The molecule has 0 aliphatic carbocycles. The molecular formula is C13H18N2O5S. The van der Waals surface area contributed by atoms with Gasteiger partial charge in [0.05, 0.1) is 12.9 Å². The molecule has 0 spiro atoms. The average molecular weight is 314 g/mol. The Morgan fingerprint density at radius 1 is 1.43 bits per heavy atom. The van der Waals surface area contributed by atoms with Gasteiger partial charge in [0.15, 0.2) is 0 Å². The SMILES string of the molecule is COc1cc2c(cc1N=O)CCCN2CCCS(=O)(=O)O. The van der Waals surface area contributed by atoms with Crippen LogP contribution in [0.25, 0.3) is 0 Å². The number of methoxy groups -OCH3 is 1. The van der Waals surface area contributed by atoms with Crippen LogP contribution in [0.5, 0.6) is 5.75 Å². The molecular weight excluding hydrogens is 296 g/mol. The minimum absolute atomic E-state index is 0.260. The van der Waals surface area contributed by atoms with E-state index in [2.05, 4.69) is 5.18 Å². The van der Waals surface area contributed by atoms with Crippen LogP contribution in [0, 0.1) is 4.91 Å². The number of anilines is 1. The summed E-state index contributed by atoms with van der Waals surface area (Å²) in [4.78, 5) is 12.8. The van der Waals surface area contributed by atoms with Crippen molar-refractivity contribution in [2.75, 3.05) is 30.9 Å². The van der Waals surface area contributed by atoms with Gasteiger partial charge in [-0.25, -0.2) is 0 Å². The number of hydrogen-bond acceptors (Lipinski definition) is 6. The summed E-state index contributed by atoms with van der Waals surface area (Å²) in [6.07, 6.45) is 2.11. The van der Waals surface area contributed by atoms with E-state index >= 15 is 0 Å². The van der Waals surface area contributed by atoms with Gasteiger partial charge in [-0.3, -0.25) is 4.55 Å². The molecule has 2 rings (SSSR count). The minimum atomic E-state index is -3.93. The van der Waals surface area contributed by atoms with Gasteiger partial charge in [0.1, 0.15) is 11.4 Å². The fourth-order valence-electron chi connectivity index (χ4n) is 2.58. The van der Waals surface area contributed by atoms with Gasteiger partial charge >= 0.3 is 0 Å². The second kappa shape index (κ2) is 6.40. The predicted molar refractivity (Wildman–Crippen MR) is 80.0 cm³/mol. The van der Waals surface area contributed by atoms with Crippen molar-refractivity contribution in [1.82, 2.24) is 0 Å². The van der Waals surface area contributed by atoms with Crippen LogP contribution in [0.2, 0.25) is 0 Å². The molecule has 0 saturated heterocycles. The predicted octanol–water partition coefficient (Wildman–Crippen LogP) is 2.12. The molecule has 0 fully saturated rings. The highest BCUT2D eigenvalue weighted by molar-refractivity contribution is 7.85. The smallest absolute Gasteiger partial charge is 0.264 e. The minimum Gasteiger partial charge on any atom is -0.494 e. The normalized spacial score (nSPS) is 14.7. The Labute approximate surface area is 123 Å². The molecule has 0 amide bonds. The first-order chi connectivity index (χ1) is 9.94. The number of benzene rings is 1. The first kappa shape index (κ1) is 15.7. The van der Waals surface area contributed by atoms with Crippen LogP contribution in [0.4, 0.5) is 11.4 Å². The number of nitroso groups, excluding NO2 is 1. The summed E-state index contributed by atoms with van der Waals surface area (Å²) in [6, 6.07) is 3.48. The fraction of sp³-hybridized carbons (Fsp3) is 0.538. The maximum absolute atomic E-state index is 10.8. The molecule has 0 aromatic heterocycles. The van der Waals surface area contributed by atoms with Gasteiger partial charge in [0.2, 0.25) is 0 Å². The highest BCUT2D eigenvalue weighted by atomic mass is 32.2. The average Bonchev–Trinajstić information content (AvgIpc) is 2.44. The molecule has 0 unspecified atom stereocenters. The summed E-state index contributed by atoms with van der Waals surface area (Å²) < 4.78 is 35.5. The van der Waals surface area contributed by atoms with Crippen LogP contribution in [0.15, 0.2) is 17.3 Å². The highest BCUT2D eigenvalue weighted by Gasteiger charge is 2.20. The molecule has 21 heavy (non-hydrogen) atoms. The summed E-state index contributed by atoms with van der Waals surface area (Å²) >= 11 is 0. The van der Waals surface area contributed by atoms with E-state index in [0.717, 1.165) is 30.6 Å². The lowest BCUT2D eigenvalue weighted by Gasteiger charge is -2.31. The molecule has 1 N–H and O–H groups in total. The number of hydrogen-bond donors (Lipinski definition) is 1. The Hall–Kier alpha value is -1.67. The van der Waals surface area contributed by atoms with Crippen molar-refractivity contribution in [2.24, 2.45) is 5.18 Å². The van der Waals surface area contributed by atoms with Gasteiger partial charge in [0.25, 0.3) is 10.1 Å². The summed E-state index contributed by atoms with van der Waals surface area (Å²) in [7, 11) is -2.46. The molecule has 8 heteroatoms. The second-order valence-electron chi connectivity index (χ2n) is 4.97. The van der Waals surface area contributed by atoms with E-state index in [1.165, 1.54) is 7.11 Å². The Morgan fingerprint density at radius 2 is 2.19 bits per heavy atom. The third-order valence-corrected chi connectivity index (χ3v) is 4.33. The molecule has 0 radical (unpaired) electrons. The third kappa shape index (κ3) is 3.92. The maximum Gasteiger partial charge on any atom is 0.264 e. The first-order valence-electron chi connectivity index (χ1n) is 6.69. The van der Waals surface area contributed by atoms with E-state index in [-0.39, 0.29) is 11.4 Å². The zero-order chi connectivity index (χ0) is 15.5.